The Balaban J connectivity index is 0.000000212. The van der Waals surface area contributed by atoms with Gasteiger partial charge in [-0.1, -0.05) is 29.6 Å². The van der Waals surface area contributed by atoms with E-state index in [-0.39, 0.29) is 39.4 Å². The Labute approximate surface area is 424 Å². The fraction of sp³-hybridized carbons (Fsp3) is 0.440. The number of benzene rings is 2. The number of anilines is 4. The number of carboxylic acid groups (broad SMARTS) is 1. The third kappa shape index (κ3) is 13.0. The highest BCUT2D eigenvalue weighted by Gasteiger charge is 2.33. The zero-order valence-corrected chi connectivity index (χ0v) is 44.4. The number of hydrogen-bond donors (Lipinski definition) is 4. The predicted molar refractivity (Wildman–Crippen MR) is 280 cm³/mol. The first kappa shape index (κ1) is 54.9. The fourth-order valence-electron chi connectivity index (χ4n) is 8.67. The number of fused-ring (bicyclic) bond motifs is 2. The van der Waals surface area contributed by atoms with Gasteiger partial charge in [0, 0.05) is 83.2 Å². The summed E-state index contributed by atoms with van der Waals surface area (Å²) < 4.78 is 3.84. The molecule has 5 N–H and O–H groups in total. The molecule has 0 spiro atoms. The first-order chi connectivity index (χ1) is 32.9. The molecule has 20 heteroatoms. The van der Waals surface area contributed by atoms with Crippen LogP contribution in [-0.4, -0.2) is 104 Å². The van der Waals surface area contributed by atoms with E-state index in [0.717, 1.165) is 88.2 Å². The SMILES string of the molecule is CC(=O)Cl.CC(=O)Nc1c(Cl)cc(C)cc1C(=O)N1CCCC[C@H]1c1cc2nc(C)c(C)c(N(C)C)n2n1.Cc1cc(Cl)c(N)c(C(=O)O)c1.Cc1nc2cc([C@@H]3CCCCN3)nn2c(N(C)C)c1C. The molecule has 2 aliphatic heterocycles. The van der Waals surface area contributed by atoms with Crippen LogP contribution >= 0.6 is 34.8 Å². The van der Waals surface area contributed by atoms with Crippen molar-refractivity contribution in [2.45, 2.75) is 106 Å². The lowest BCUT2D eigenvalue weighted by atomic mass is 9.97. The van der Waals surface area contributed by atoms with Crippen molar-refractivity contribution in [3.05, 3.63) is 103 Å². The van der Waals surface area contributed by atoms with Crippen molar-refractivity contribution in [3.8, 4) is 0 Å². The number of amides is 2. The van der Waals surface area contributed by atoms with E-state index in [4.69, 9.17) is 49.2 Å². The number of nitrogen functional groups attached to an aromatic ring is 1. The van der Waals surface area contributed by atoms with Crippen molar-refractivity contribution in [2.24, 2.45) is 0 Å². The van der Waals surface area contributed by atoms with Gasteiger partial charge in [-0.15, -0.1) is 0 Å². The van der Waals surface area contributed by atoms with Gasteiger partial charge in [-0.2, -0.15) is 19.2 Å². The molecule has 2 fully saturated rings. The number of aromatic nitrogens is 6. The minimum absolute atomic E-state index is 0.0556. The van der Waals surface area contributed by atoms with Crippen LogP contribution in [0, 0.1) is 41.5 Å². The van der Waals surface area contributed by atoms with Gasteiger partial charge in [0.1, 0.15) is 11.6 Å². The molecule has 2 saturated heterocycles. The van der Waals surface area contributed by atoms with Crippen molar-refractivity contribution in [2.75, 3.05) is 62.1 Å². The second-order valence-corrected chi connectivity index (χ2v) is 19.5. The first-order valence-electron chi connectivity index (χ1n) is 23.1. The van der Waals surface area contributed by atoms with Gasteiger partial charge in [-0.05, 0) is 127 Å². The molecule has 2 aromatic carbocycles. The molecule has 6 heterocycles. The first-order valence-corrected chi connectivity index (χ1v) is 24.2. The molecule has 2 aliphatic rings. The number of nitrogens with zero attached hydrogens (tertiary/aromatic N) is 9. The average molecular weight is 1020 g/mol. The molecule has 0 radical (unpaired) electrons. The maximum absolute atomic E-state index is 13.8. The molecule has 2 amide bonds. The van der Waals surface area contributed by atoms with Crippen LogP contribution in [-0.2, 0) is 9.59 Å². The third-order valence-electron chi connectivity index (χ3n) is 12.0. The molecule has 70 heavy (non-hydrogen) atoms. The number of nitrogens with one attached hydrogen (secondary N) is 2. The van der Waals surface area contributed by atoms with E-state index in [2.05, 4.69) is 66.1 Å². The monoisotopic (exact) mass is 1020 g/mol. The van der Waals surface area contributed by atoms with Gasteiger partial charge in [0.05, 0.1) is 56.0 Å². The van der Waals surface area contributed by atoms with Gasteiger partial charge in [-0.3, -0.25) is 14.4 Å². The number of hydrogen-bond acceptors (Lipinski definition) is 12. The van der Waals surface area contributed by atoms with Crippen molar-refractivity contribution < 1.29 is 24.3 Å². The zero-order valence-electron chi connectivity index (χ0n) is 42.1. The van der Waals surface area contributed by atoms with Gasteiger partial charge < -0.3 is 36.2 Å². The summed E-state index contributed by atoms with van der Waals surface area (Å²) in [5.74, 6) is 0.598. The molecule has 4 aromatic heterocycles. The summed E-state index contributed by atoms with van der Waals surface area (Å²) in [4.78, 5) is 60.9. The number of nitrogens with two attached hydrogens (primary N) is 1. The topological polar surface area (TPSA) is 209 Å². The normalized spacial score (nSPS) is 15.4. The Morgan fingerprint density at radius 1 is 0.729 bits per heavy atom. The van der Waals surface area contributed by atoms with Crippen LogP contribution in [0.5, 0.6) is 0 Å². The van der Waals surface area contributed by atoms with Crippen molar-refractivity contribution in [3.63, 3.8) is 0 Å². The average Bonchev–Trinajstić information content (AvgIpc) is 3.90. The van der Waals surface area contributed by atoms with E-state index in [1.807, 2.05) is 59.8 Å². The Kier molecular flexibility index (Phi) is 18.6. The molecule has 17 nitrogen and oxygen atoms in total. The molecular formula is C50H65Cl3N12O5. The second-order valence-electron chi connectivity index (χ2n) is 18.1. The van der Waals surface area contributed by atoms with Gasteiger partial charge in [-0.25, -0.2) is 14.8 Å². The number of rotatable bonds is 7. The Morgan fingerprint density at radius 3 is 1.73 bits per heavy atom. The van der Waals surface area contributed by atoms with Crippen molar-refractivity contribution in [1.29, 1.82) is 0 Å². The van der Waals surface area contributed by atoms with Crippen LogP contribution in [0.25, 0.3) is 11.3 Å². The lowest BCUT2D eigenvalue weighted by Gasteiger charge is -2.35. The smallest absolute Gasteiger partial charge is 0.337 e. The predicted octanol–water partition coefficient (Wildman–Crippen LogP) is 9.63. The highest BCUT2D eigenvalue weighted by Crippen LogP contribution is 2.37. The summed E-state index contributed by atoms with van der Waals surface area (Å²) in [6.07, 6.45) is 6.42. The molecule has 0 bridgehead atoms. The van der Waals surface area contributed by atoms with Gasteiger partial charge in [0.2, 0.25) is 11.1 Å². The van der Waals surface area contributed by atoms with E-state index in [9.17, 15) is 19.2 Å². The summed E-state index contributed by atoms with van der Waals surface area (Å²) >= 11 is 16.7. The number of likely N-dealkylation sites (tertiary alicyclic amines) is 1. The fourth-order valence-corrected chi connectivity index (χ4v) is 9.26. The quantitative estimate of drug-likeness (QED) is 0.0869. The van der Waals surface area contributed by atoms with Gasteiger partial charge in [0.25, 0.3) is 5.91 Å². The Morgan fingerprint density at radius 2 is 1.23 bits per heavy atom. The molecule has 8 rings (SSSR count). The minimum atomic E-state index is -1.06. The number of halogens is 3. The van der Waals surface area contributed by atoms with E-state index in [0.29, 0.717) is 28.9 Å². The summed E-state index contributed by atoms with van der Waals surface area (Å²) in [7, 11) is 8.09. The molecule has 0 saturated carbocycles. The van der Waals surface area contributed by atoms with E-state index in [1.165, 1.54) is 44.7 Å². The molecule has 0 unspecified atom stereocenters. The molecule has 6 aromatic rings. The maximum atomic E-state index is 13.8. The number of aryl methyl sites for hydroxylation is 4. The Hall–Kier alpha value is -6.01. The van der Waals surface area contributed by atoms with Crippen molar-refractivity contribution >= 4 is 92.1 Å². The summed E-state index contributed by atoms with van der Waals surface area (Å²) in [5, 5.41) is 25.0. The van der Waals surface area contributed by atoms with E-state index < -0.39 is 5.97 Å². The van der Waals surface area contributed by atoms with Crippen molar-refractivity contribution in [1.82, 2.24) is 39.4 Å². The number of piperidine rings is 2. The van der Waals surface area contributed by atoms with E-state index in [1.54, 1.807) is 25.1 Å². The highest BCUT2D eigenvalue weighted by atomic mass is 35.5. The largest absolute Gasteiger partial charge is 0.478 e. The number of carbonyl (C=O) groups excluding carboxylic acids is 3. The van der Waals surface area contributed by atoms with Gasteiger partial charge >= 0.3 is 5.97 Å². The van der Waals surface area contributed by atoms with Crippen LogP contribution in [0.3, 0.4) is 0 Å². The summed E-state index contributed by atoms with van der Waals surface area (Å²) in [6, 6.07) is 10.9. The second kappa shape index (κ2) is 23.7. The van der Waals surface area contributed by atoms with Crippen LogP contribution in [0.4, 0.5) is 23.0 Å². The highest BCUT2D eigenvalue weighted by molar-refractivity contribution is 6.62. The number of aromatic carboxylic acids is 1. The standard InChI is InChI=1S/C25H31ClN6O2.C15H23N5.C8H8ClNO2.C2H3ClO/c1-14-11-18(23(19(26)12-14)28-17(4)33)25(34)31-10-8-7-9-21(31)20-13-22-27-16(3)15(2)24(30(5)6)32(22)29-20;1-10-11(2)17-14-9-13(12-7-5-6-8-16-12)18-20(14)15(10)19(3)4;1-4-2-5(8(11)12)7(10)6(9)3-4;1-2(3)4/h11-13,21H,7-10H2,1-6H3,(H,28,33);9,12,16H,5-8H2,1-4H3;2-3H,10H2,1H3,(H,11,12);1H3/t21-;12-;;/m00../s1. The lowest BCUT2D eigenvalue weighted by Crippen LogP contribution is -2.39. The molecule has 0 aliphatic carbocycles. The summed E-state index contributed by atoms with van der Waals surface area (Å²) in [5.41, 5.74) is 15.9. The van der Waals surface area contributed by atoms with Gasteiger partial charge in [0.15, 0.2) is 11.3 Å². The van der Waals surface area contributed by atoms with Crippen LogP contribution in [0.15, 0.2) is 36.4 Å². The molecule has 2 atom stereocenters. The number of carboxylic acids is 1. The Bertz CT molecular complexity index is 2900. The summed E-state index contributed by atoms with van der Waals surface area (Å²) in [6.45, 7) is 16.2. The van der Waals surface area contributed by atoms with Crippen LogP contribution in [0.2, 0.25) is 10.0 Å². The minimum Gasteiger partial charge on any atom is -0.478 e. The van der Waals surface area contributed by atoms with E-state index >= 15 is 0 Å². The number of carbonyl (C=O) groups is 4. The molecule has 376 valence electrons. The maximum Gasteiger partial charge on any atom is 0.337 e. The van der Waals surface area contributed by atoms with Crippen LogP contribution < -0.4 is 26.2 Å². The van der Waals surface area contributed by atoms with Crippen LogP contribution in [0.1, 0.15) is 130 Å². The third-order valence-corrected chi connectivity index (χ3v) is 12.6. The lowest BCUT2D eigenvalue weighted by molar-refractivity contribution is -0.114. The zero-order chi connectivity index (χ0) is 51.9. The molecular weight excluding hydrogens is 955 g/mol.